The Morgan fingerprint density at radius 1 is 0.850 bits per heavy atom. The van der Waals surface area contributed by atoms with Crippen molar-refractivity contribution in [1.82, 2.24) is 0 Å². The van der Waals surface area contributed by atoms with Gasteiger partial charge in [0.05, 0.1) is 19.3 Å². The molecule has 1 heterocycles. The number of carbonyl (C=O) groups is 2. The fourth-order valence-corrected chi connectivity index (χ4v) is 10.9. The highest BCUT2D eigenvalue weighted by Gasteiger charge is 2.57. The van der Waals surface area contributed by atoms with Crippen molar-refractivity contribution in [3.8, 4) is 0 Å². The molecule has 6 heteroatoms. The van der Waals surface area contributed by atoms with E-state index in [-0.39, 0.29) is 23.5 Å². The van der Waals surface area contributed by atoms with Gasteiger partial charge >= 0.3 is 11.9 Å². The molecule has 0 saturated heterocycles. The van der Waals surface area contributed by atoms with Crippen LogP contribution in [0.4, 0.5) is 0 Å². The summed E-state index contributed by atoms with van der Waals surface area (Å²) in [5.74, 6) is 2.44. The van der Waals surface area contributed by atoms with Crippen molar-refractivity contribution in [3.63, 3.8) is 0 Å². The molecule has 0 atom stereocenters. The first-order valence-electron chi connectivity index (χ1n) is 14.7. The van der Waals surface area contributed by atoms with E-state index in [0.29, 0.717) is 11.8 Å². The third-order valence-electron chi connectivity index (χ3n) is 10.1. The minimum atomic E-state index is -0.426. The number of ether oxygens (including phenoxy) is 3. The van der Waals surface area contributed by atoms with Gasteiger partial charge in [-0.05, 0) is 87.0 Å². The Balaban J connectivity index is 1.06. The van der Waals surface area contributed by atoms with Gasteiger partial charge in [0, 0.05) is 45.7 Å². The van der Waals surface area contributed by atoms with Crippen LogP contribution >= 0.6 is 10.5 Å². The summed E-state index contributed by atoms with van der Waals surface area (Å²) < 4.78 is 19.9. The largest absolute Gasteiger partial charge is 0.501 e. The van der Waals surface area contributed by atoms with Crippen LogP contribution in [-0.4, -0.2) is 31.3 Å². The van der Waals surface area contributed by atoms with Crippen molar-refractivity contribution in [2.24, 2.45) is 23.7 Å². The zero-order chi connectivity index (χ0) is 27.4. The summed E-state index contributed by atoms with van der Waals surface area (Å²) in [6.45, 7) is 1.78. The van der Waals surface area contributed by atoms with Gasteiger partial charge in [0.1, 0.15) is 5.60 Å². The van der Waals surface area contributed by atoms with Crippen LogP contribution in [-0.2, 0) is 23.8 Å². The average Bonchev–Trinajstić information content (AvgIpc) is 3.29. The zero-order valence-corrected chi connectivity index (χ0v) is 24.1. The van der Waals surface area contributed by atoms with Crippen LogP contribution in [0.2, 0.25) is 0 Å². The van der Waals surface area contributed by atoms with E-state index in [4.69, 9.17) is 14.2 Å². The van der Waals surface area contributed by atoms with E-state index in [1.54, 1.807) is 7.11 Å². The highest BCUT2D eigenvalue weighted by Crippen LogP contribution is 2.59. The first kappa shape index (κ1) is 25.8. The Hall–Kier alpha value is -3.12. The summed E-state index contributed by atoms with van der Waals surface area (Å²) in [5.41, 5.74) is 0.419. The van der Waals surface area contributed by atoms with Crippen LogP contribution in [0, 0.1) is 23.7 Å². The monoisotopic (exact) mass is 557 g/mol. The lowest BCUT2D eigenvalue weighted by molar-refractivity contribution is -0.207. The van der Waals surface area contributed by atoms with Crippen LogP contribution in [0.5, 0.6) is 0 Å². The molecule has 5 aliphatic carbocycles. The third kappa shape index (κ3) is 4.36. The molecule has 3 aromatic rings. The average molecular weight is 558 g/mol. The number of fused-ring (bicyclic) bond motifs is 3. The maximum Gasteiger partial charge on any atom is 0.344 e. The number of carbonyl (C=O) groups excluding carboxylic acids is 2. The molecule has 4 saturated carbocycles. The number of esters is 2. The molecule has 0 aliphatic heterocycles. The van der Waals surface area contributed by atoms with Crippen LogP contribution < -0.4 is 0 Å². The number of benzene rings is 2. The van der Waals surface area contributed by atoms with Crippen molar-refractivity contribution in [1.29, 1.82) is 0 Å². The molecule has 4 fully saturated rings. The summed E-state index contributed by atoms with van der Waals surface area (Å²) in [6, 6.07) is 17.2. The van der Waals surface area contributed by atoms with Gasteiger partial charge < -0.3 is 14.2 Å². The molecule has 0 N–H and O–H groups in total. The molecule has 0 amide bonds. The molecular formula is C34H37O5S+. The van der Waals surface area contributed by atoms with E-state index < -0.39 is 17.5 Å². The predicted octanol–water partition coefficient (Wildman–Crippen LogP) is 7.97. The van der Waals surface area contributed by atoms with Crippen LogP contribution in [0.25, 0.3) is 25.1 Å². The first-order chi connectivity index (χ1) is 19.4. The van der Waals surface area contributed by atoms with Crippen molar-refractivity contribution in [3.05, 3.63) is 65.9 Å². The molecule has 5 nitrogen and oxygen atoms in total. The second-order valence-electron chi connectivity index (χ2n) is 12.4. The molecule has 4 bridgehead atoms. The molecule has 8 rings (SSSR count). The first-order valence-corrected chi connectivity index (χ1v) is 15.9. The second-order valence-corrected chi connectivity index (χ2v) is 14.4. The van der Waals surface area contributed by atoms with Gasteiger partial charge in [-0.1, -0.05) is 24.3 Å². The highest BCUT2D eigenvalue weighted by atomic mass is 32.2. The van der Waals surface area contributed by atoms with E-state index in [2.05, 4.69) is 61.5 Å². The van der Waals surface area contributed by atoms with Crippen LogP contribution in [0.15, 0.2) is 65.9 Å². The number of hydrogen-bond acceptors (Lipinski definition) is 5. The lowest BCUT2D eigenvalue weighted by Gasteiger charge is -2.59. The Morgan fingerprint density at radius 3 is 2.05 bits per heavy atom. The maximum atomic E-state index is 13.0. The van der Waals surface area contributed by atoms with Crippen LogP contribution in [0.3, 0.4) is 0 Å². The minimum Gasteiger partial charge on any atom is -0.501 e. The quantitative estimate of drug-likeness (QED) is 0.218. The van der Waals surface area contributed by atoms with E-state index in [1.807, 2.05) is 0 Å². The molecule has 2 aromatic carbocycles. The molecule has 0 unspecified atom stereocenters. The number of methoxy groups -OCH3 is 1. The molecule has 0 radical (unpaired) electrons. The van der Waals surface area contributed by atoms with E-state index in [0.717, 1.165) is 61.7 Å². The lowest BCUT2D eigenvalue weighted by Crippen LogP contribution is -2.58. The lowest BCUT2D eigenvalue weighted by atomic mass is 9.50. The van der Waals surface area contributed by atoms with Crippen LogP contribution in [0.1, 0.15) is 58.3 Å². The normalized spacial score (nSPS) is 29.1. The molecule has 5 aliphatic rings. The van der Waals surface area contributed by atoms with E-state index in [1.165, 1.54) is 31.5 Å². The smallest absolute Gasteiger partial charge is 0.344 e. The molecule has 1 aromatic heterocycles. The van der Waals surface area contributed by atoms with E-state index >= 15 is 0 Å². The summed E-state index contributed by atoms with van der Waals surface area (Å²) in [7, 11) is 1.46. The number of rotatable bonds is 7. The van der Waals surface area contributed by atoms with Crippen molar-refractivity contribution in [2.75, 3.05) is 13.7 Å². The fourth-order valence-electron chi connectivity index (χ4n) is 8.33. The molecular weight excluding hydrogens is 520 g/mol. The Labute approximate surface area is 238 Å². The Bertz CT molecular complexity index is 1480. The van der Waals surface area contributed by atoms with Gasteiger partial charge in [-0.2, -0.15) is 0 Å². The standard InChI is InChI=1S/C34H37O5S/c1-34(24-14-21-13-22(16-24)17-25(34)15-21)39-33(36)20-38-32(35)19-23-18-26(11-12-29(23)37-2)40-30-9-5-3-7-27(30)28-8-4-6-10-31(28)40/h3-10,18,21-22,24-25H,11-17,19-20H2,1-2H3/q+1. The van der Waals surface area contributed by atoms with Gasteiger partial charge in [0.15, 0.2) is 20.9 Å². The summed E-state index contributed by atoms with van der Waals surface area (Å²) in [4.78, 5) is 27.1. The van der Waals surface area contributed by atoms with Crippen molar-refractivity contribution >= 4 is 47.5 Å². The maximum absolute atomic E-state index is 13.0. The topological polar surface area (TPSA) is 61.8 Å². The van der Waals surface area contributed by atoms with Gasteiger partial charge in [-0.15, -0.1) is 0 Å². The number of thiophene rings is 1. The van der Waals surface area contributed by atoms with Crippen molar-refractivity contribution in [2.45, 2.75) is 63.9 Å². The zero-order valence-electron chi connectivity index (χ0n) is 23.3. The minimum absolute atomic E-state index is 0.0757. The predicted molar refractivity (Wildman–Crippen MR) is 159 cm³/mol. The summed E-state index contributed by atoms with van der Waals surface area (Å²) >= 11 is 0. The number of hydrogen-bond donors (Lipinski definition) is 0. The van der Waals surface area contributed by atoms with Gasteiger partial charge in [-0.3, -0.25) is 4.79 Å². The van der Waals surface area contributed by atoms with Gasteiger partial charge in [-0.25, -0.2) is 4.79 Å². The summed E-state index contributed by atoms with van der Waals surface area (Å²) in [6.07, 6.45) is 9.83. The van der Waals surface area contributed by atoms with Gasteiger partial charge in [0.2, 0.25) is 0 Å². The van der Waals surface area contributed by atoms with Crippen molar-refractivity contribution < 1.29 is 23.8 Å². The third-order valence-corrected chi connectivity index (χ3v) is 12.5. The second kappa shape index (κ2) is 10.1. The molecule has 0 spiro atoms. The Kier molecular flexibility index (Phi) is 6.49. The number of allylic oxidation sites excluding steroid dienone is 3. The Morgan fingerprint density at radius 2 is 1.45 bits per heavy atom. The molecule has 40 heavy (non-hydrogen) atoms. The van der Waals surface area contributed by atoms with E-state index in [9.17, 15) is 9.59 Å². The fraction of sp³-hybridized carbons (Fsp3) is 0.471. The summed E-state index contributed by atoms with van der Waals surface area (Å²) in [5, 5.41) is 2.58. The highest BCUT2D eigenvalue weighted by molar-refractivity contribution is 7.53. The molecule has 208 valence electrons. The SMILES string of the molecule is COC1=C(CC(=O)OCC(=O)OC2(C)C3CC4CC(C3)CC2C4)C=C([s+]2c3ccccc3c3ccccc32)CC1. The van der Waals surface area contributed by atoms with Gasteiger partial charge in [0.25, 0.3) is 0 Å².